The first-order chi connectivity index (χ1) is 13.1. The summed E-state index contributed by atoms with van der Waals surface area (Å²) in [5.41, 5.74) is 1.28. The van der Waals surface area contributed by atoms with E-state index in [1.165, 1.54) is 12.4 Å². The lowest BCUT2D eigenvalue weighted by Gasteiger charge is -2.16. The molecule has 2 fully saturated rings. The second-order valence-electron chi connectivity index (χ2n) is 7.26. The Morgan fingerprint density at radius 1 is 1.33 bits per heavy atom. The molecule has 1 saturated carbocycles. The Morgan fingerprint density at radius 2 is 2.07 bits per heavy atom. The maximum atomic E-state index is 12.5. The van der Waals surface area contributed by atoms with E-state index in [0.717, 1.165) is 31.5 Å². The monoisotopic (exact) mass is 369 g/mol. The van der Waals surface area contributed by atoms with Crippen LogP contribution in [0.25, 0.3) is 0 Å². The second kappa shape index (κ2) is 9.06. The largest absolute Gasteiger partial charge is 0.472 e. The molecule has 1 N–H and O–H groups in total. The molecule has 3 rings (SSSR count). The lowest BCUT2D eigenvalue weighted by molar-refractivity contribution is 0.0929. The van der Waals surface area contributed by atoms with Gasteiger partial charge in [-0.1, -0.05) is 30.9 Å². The highest BCUT2D eigenvalue weighted by atomic mass is 16.5. The van der Waals surface area contributed by atoms with Gasteiger partial charge in [0.05, 0.1) is 25.0 Å². The fourth-order valence-electron chi connectivity index (χ4n) is 3.87. The molecule has 0 spiro atoms. The Balaban J connectivity index is 1.50. The van der Waals surface area contributed by atoms with Crippen LogP contribution in [-0.4, -0.2) is 58.1 Å². The summed E-state index contributed by atoms with van der Waals surface area (Å²) in [6, 6.07) is 0. The molecule has 144 valence electrons. The molecule has 1 aliphatic carbocycles. The van der Waals surface area contributed by atoms with E-state index in [4.69, 9.17) is 4.74 Å². The summed E-state index contributed by atoms with van der Waals surface area (Å²) in [6.07, 6.45) is 12.0. The van der Waals surface area contributed by atoms with E-state index in [9.17, 15) is 9.90 Å². The molecule has 0 radical (unpaired) electrons. The first kappa shape index (κ1) is 19.5. The zero-order chi connectivity index (χ0) is 19.2. The third-order valence-corrected chi connectivity index (χ3v) is 5.23. The fourth-order valence-corrected chi connectivity index (χ4v) is 3.87. The highest BCUT2D eigenvalue weighted by Gasteiger charge is 2.40. The van der Waals surface area contributed by atoms with E-state index >= 15 is 0 Å². The SMILES string of the molecule is C=C/C(=C\C=C/C)COc1cnc(C(=O)CN2CC3CC(O)CC3C2)cn1. The number of nitrogens with zero attached hydrogens (tertiary/aromatic N) is 3. The molecule has 2 unspecified atom stereocenters. The van der Waals surface area contributed by atoms with Crippen molar-refractivity contribution in [2.24, 2.45) is 11.8 Å². The highest BCUT2D eigenvalue weighted by molar-refractivity contribution is 5.95. The normalized spacial score (nSPS) is 25.7. The minimum Gasteiger partial charge on any atom is -0.472 e. The number of carbonyl (C=O) groups is 1. The number of allylic oxidation sites excluding steroid dienone is 3. The Hall–Kier alpha value is -2.31. The number of ketones is 1. The number of fused-ring (bicyclic) bond motifs is 1. The number of aromatic nitrogens is 2. The van der Waals surface area contributed by atoms with Crippen molar-refractivity contribution in [3.05, 3.63) is 54.5 Å². The molecule has 6 heteroatoms. The number of hydrogen-bond donors (Lipinski definition) is 1. The van der Waals surface area contributed by atoms with Crippen molar-refractivity contribution in [2.75, 3.05) is 26.2 Å². The fraction of sp³-hybridized carbons (Fsp3) is 0.476. The number of carbonyl (C=O) groups excluding carboxylic acids is 1. The zero-order valence-electron chi connectivity index (χ0n) is 15.8. The first-order valence-electron chi connectivity index (χ1n) is 9.41. The minimum atomic E-state index is -0.161. The van der Waals surface area contributed by atoms with E-state index in [1.54, 1.807) is 6.08 Å². The van der Waals surface area contributed by atoms with Crippen molar-refractivity contribution in [1.82, 2.24) is 14.9 Å². The number of aliphatic hydroxyl groups excluding tert-OH is 1. The third-order valence-electron chi connectivity index (χ3n) is 5.23. The van der Waals surface area contributed by atoms with Crippen molar-refractivity contribution < 1.29 is 14.6 Å². The minimum absolute atomic E-state index is 0.0330. The van der Waals surface area contributed by atoms with Gasteiger partial charge in [0, 0.05) is 13.1 Å². The first-order valence-corrected chi connectivity index (χ1v) is 9.41. The number of rotatable bonds is 8. The molecule has 2 aliphatic rings. The lowest BCUT2D eigenvalue weighted by Crippen LogP contribution is -2.29. The molecular weight excluding hydrogens is 342 g/mol. The van der Waals surface area contributed by atoms with Crippen molar-refractivity contribution in [2.45, 2.75) is 25.9 Å². The molecule has 0 amide bonds. The summed E-state index contributed by atoms with van der Waals surface area (Å²) < 4.78 is 5.59. The van der Waals surface area contributed by atoms with Gasteiger partial charge >= 0.3 is 0 Å². The highest BCUT2D eigenvalue weighted by Crippen LogP contribution is 2.37. The van der Waals surface area contributed by atoms with Gasteiger partial charge in [0.25, 0.3) is 0 Å². The van der Waals surface area contributed by atoms with Gasteiger partial charge in [0.2, 0.25) is 5.88 Å². The van der Waals surface area contributed by atoms with Gasteiger partial charge in [0.1, 0.15) is 12.3 Å². The number of aliphatic hydroxyl groups is 1. The Bertz CT molecular complexity index is 713. The van der Waals surface area contributed by atoms with Crippen molar-refractivity contribution >= 4 is 5.78 Å². The predicted octanol–water partition coefficient (Wildman–Crippen LogP) is 2.43. The topological polar surface area (TPSA) is 75.5 Å². The smallest absolute Gasteiger partial charge is 0.232 e. The van der Waals surface area contributed by atoms with E-state index < -0.39 is 0 Å². The predicted molar refractivity (Wildman–Crippen MR) is 104 cm³/mol. The molecule has 0 bridgehead atoms. The lowest BCUT2D eigenvalue weighted by atomic mass is 10.0. The average Bonchev–Trinajstić information content (AvgIpc) is 3.18. The molecule has 6 nitrogen and oxygen atoms in total. The molecule has 27 heavy (non-hydrogen) atoms. The van der Waals surface area contributed by atoms with Crippen LogP contribution in [0.4, 0.5) is 0 Å². The number of likely N-dealkylation sites (tertiary alicyclic amines) is 1. The molecule has 0 aromatic carbocycles. The van der Waals surface area contributed by atoms with E-state index in [0.29, 0.717) is 36.6 Å². The van der Waals surface area contributed by atoms with E-state index in [-0.39, 0.29) is 11.9 Å². The molecular formula is C21H27N3O3. The summed E-state index contributed by atoms with van der Waals surface area (Å²) in [5, 5.41) is 9.72. The van der Waals surface area contributed by atoms with Gasteiger partial charge in [-0.2, -0.15) is 0 Å². The molecule has 1 aromatic rings. The van der Waals surface area contributed by atoms with Gasteiger partial charge in [-0.15, -0.1) is 0 Å². The summed E-state index contributed by atoms with van der Waals surface area (Å²) in [4.78, 5) is 23.0. The number of hydrogen-bond acceptors (Lipinski definition) is 6. The Labute approximate surface area is 160 Å². The van der Waals surface area contributed by atoms with Gasteiger partial charge in [-0.3, -0.25) is 9.69 Å². The molecule has 2 heterocycles. The van der Waals surface area contributed by atoms with Gasteiger partial charge in [-0.25, -0.2) is 9.97 Å². The molecule has 1 aliphatic heterocycles. The second-order valence-corrected chi connectivity index (χ2v) is 7.26. The van der Waals surface area contributed by atoms with Gasteiger partial charge in [-0.05, 0) is 37.2 Å². The van der Waals surface area contributed by atoms with Crippen molar-refractivity contribution in [3.8, 4) is 5.88 Å². The summed E-state index contributed by atoms with van der Waals surface area (Å²) >= 11 is 0. The number of Topliss-reactive ketones (excluding diaryl/α,β-unsaturated/α-hetero) is 1. The third kappa shape index (κ3) is 5.11. The Morgan fingerprint density at radius 3 is 2.67 bits per heavy atom. The van der Waals surface area contributed by atoms with Crippen LogP contribution in [-0.2, 0) is 0 Å². The summed E-state index contributed by atoms with van der Waals surface area (Å²) in [6.45, 7) is 8.15. The molecule has 1 aromatic heterocycles. The van der Waals surface area contributed by atoms with Gasteiger partial charge < -0.3 is 9.84 Å². The van der Waals surface area contributed by atoms with Crippen LogP contribution in [0.2, 0.25) is 0 Å². The van der Waals surface area contributed by atoms with Crippen molar-refractivity contribution in [1.29, 1.82) is 0 Å². The van der Waals surface area contributed by atoms with Crippen LogP contribution in [0.3, 0.4) is 0 Å². The maximum Gasteiger partial charge on any atom is 0.232 e. The van der Waals surface area contributed by atoms with Crippen LogP contribution in [0.5, 0.6) is 5.88 Å². The van der Waals surface area contributed by atoms with Crippen LogP contribution >= 0.6 is 0 Å². The quantitative estimate of drug-likeness (QED) is 0.560. The van der Waals surface area contributed by atoms with E-state index in [2.05, 4.69) is 21.4 Å². The Kier molecular flexibility index (Phi) is 6.53. The van der Waals surface area contributed by atoms with Crippen LogP contribution in [0, 0.1) is 11.8 Å². The summed E-state index contributed by atoms with van der Waals surface area (Å²) in [7, 11) is 0. The summed E-state index contributed by atoms with van der Waals surface area (Å²) in [5.74, 6) is 1.38. The zero-order valence-corrected chi connectivity index (χ0v) is 15.8. The van der Waals surface area contributed by atoms with Crippen LogP contribution in [0.15, 0.2) is 48.8 Å². The van der Waals surface area contributed by atoms with Crippen LogP contribution < -0.4 is 4.74 Å². The number of ether oxygens (including phenoxy) is 1. The van der Waals surface area contributed by atoms with Gasteiger partial charge in [0.15, 0.2) is 5.78 Å². The van der Waals surface area contributed by atoms with E-state index in [1.807, 2.05) is 25.2 Å². The average molecular weight is 369 g/mol. The van der Waals surface area contributed by atoms with Crippen molar-refractivity contribution in [3.63, 3.8) is 0 Å². The maximum absolute atomic E-state index is 12.5. The standard InChI is InChI=1S/C21H27N3O3/c1-3-5-6-15(4-2)14-27-21-10-22-19(9-23-21)20(26)13-24-11-16-7-18(25)8-17(16)12-24/h3-6,9-10,16-18,25H,2,7-8,11-14H2,1H3/b5-3-,15-6+. The molecule has 1 saturated heterocycles. The van der Waals surface area contributed by atoms with Crippen LogP contribution in [0.1, 0.15) is 30.3 Å². The molecule has 2 atom stereocenters.